The number of allylic oxidation sites excluding steroid dienone is 1. The van der Waals surface area contributed by atoms with Gasteiger partial charge >= 0.3 is 5.97 Å². The van der Waals surface area contributed by atoms with Crippen LogP contribution in [0.5, 0.6) is 0 Å². The highest BCUT2D eigenvalue weighted by Gasteiger charge is 2.36. The molecule has 0 radical (unpaired) electrons. The summed E-state index contributed by atoms with van der Waals surface area (Å²) in [6.07, 6.45) is 1.77. The molecule has 0 aromatic carbocycles. The number of amides is 1. The van der Waals surface area contributed by atoms with E-state index in [1.807, 2.05) is 18.4 Å². The smallest absolute Gasteiger partial charge is 0.340 e. The van der Waals surface area contributed by atoms with Gasteiger partial charge in [0.15, 0.2) is 0 Å². The average molecular weight is 321 g/mol. The van der Waals surface area contributed by atoms with Crippen LogP contribution >= 0.6 is 11.3 Å². The van der Waals surface area contributed by atoms with E-state index >= 15 is 0 Å². The van der Waals surface area contributed by atoms with Crippen LogP contribution in [0.4, 0.5) is 0 Å². The van der Waals surface area contributed by atoms with E-state index in [1.54, 1.807) is 25.0 Å². The Morgan fingerprint density at radius 1 is 1.36 bits per heavy atom. The van der Waals surface area contributed by atoms with Crippen LogP contribution in [0.3, 0.4) is 0 Å². The van der Waals surface area contributed by atoms with Crippen LogP contribution in [-0.2, 0) is 19.1 Å². The maximum absolute atomic E-state index is 12.6. The van der Waals surface area contributed by atoms with Crippen molar-refractivity contribution in [2.45, 2.75) is 13.8 Å². The molecule has 2 rings (SSSR count). The van der Waals surface area contributed by atoms with Crippen molar-refractivity contribution >= 4 is 29.3 Å². The maximum Gasteiger partial charge on any atom is 0.340 e. The van der Waals surface area contributed by atoms with Crippen LogP contribution in [-0.4, -0.2) is 44.1 Å². The van der Waals surface area contributed by atoms with Crippen molar-refractivity contribution < 1.29 is 19.1 Å². The molecule has 22 heavy (non-hydrogen) atoms. The average Bonchev–Trinajstić information content (AvgIpc) is 3.00. The van der Waals surface area contributed by atoms with Gasteiger partial charge in [-0.1, -0.05) is 0 Å². The summed E-state index contributed by atoms with van der Waals surface area (Å²) < 4.78 is 9.87. The zero-order valence-electron chi connectivity index (χ0n) is 13.1. The SMILES string of the molecule is COCCN1C(=O)/C(=C/c2sccc2C)C(C(=O)OC)=C1C. The minimum absolute atomic E-state index is 0.192. The summed E-state index contributed by atoms with van der Waals surface area (Å²) in [4.78, 5) is 27.3. The van der Waals surface area contributed by atoms with Crippen molar-refractivity contribution in [1.82, 2.24) is 4.90 Å². The molecule has 1 amide bonds. The number of rotatable bonds is 5. The number of carbonyl (C=O) groups excluding carboxylic acids is 2. The van der Waals surface area contributed by atoms with Crippen LogP contribution < -0.4 is 0 Å². The Hall–Kier alpha value is -1.92. The number of esters is 1. The van der Waals surface area contributed by atoms with Gasteiger partial charge in [-0.15, -0.1) is 11.3 Å². The fourth-order valence-electron chi connectivity index (χ4n) is 2.34. The van der Waals surface area contributed by atoms with Gasteiger partial charge in [-0.25, -0.2) is 4.79 Å². The number of aryl methyl sites for hydroxylation is 1. The Kier molecular flexibility index (Phi) is 5.15. The molecule has 1 aromatic rings. The summed E-state index contributed by atoms with van der Waals surface area (Å²) >= 11 is 1.53. The zero-order chi connectivity index (χ0) is 16.3. The van der Waals surface area contributed by atoms with Crippen molar-refractivity contribution in [3.63, 3.8) is 0 Å². The van der Waals surface area contributed by atoms with Gasteiger partial charge < -0.3 is 14.4 Å². The van der Waals surface area contributed by atoms with Crippen LogP contribution in [0.1, 0.15) is 17.4 Å². The van der Waals surface area contributed by atoms with Crippen LogP contribution in [0, 0.1) is 6.92 Å². The highest BCUT2D eigenvalue weighted by atomic mass is 32.1. The van der Waals surface area contributed by atoms with E-state index in [1.165, 1.54) is 18.4 Å². The first-order valence-corrected chi connectivity index (χ1v) is 7.75. The molecule has 0 aliphatic carbocycles. The molecule has 0 saturated carbocycles. The quantitative estimate of drug-likeness (QED) is 0.617. The van der Waals surface area contributed by atoms with E-state index in [-0.39, 0.29) is 5.91 Å². The van der Waals surface area contributed by atoms with Gasteiger partial charge in [0.05, 0.1) is 24.9 Å². The fraction of sp³-hybridized carbons (Fsp3) is 0.375. The standard InChI is InChI=1S/C16H19NO4S/c1-10-5-8-22-13(10)9-12-14(16(19)21-4)11(2)17(15(12)18)6-7-20-3/h5,8-9H,6-7H2,1-4H3/b12-9+. The van der Waals surface area contributed by atoms with Crippen molar-refractivity contribution in [3.05, 3.63) is 38.7 Å². The molecule has 0 atom stereocenters. The van der Waals surface area contributed by atoms with E-state index in [4.69, 9.17) is 9.47 Å². The minimum Gasteiger partial charge on any atom is -0.465 e. The lowest BCUT2D eigenvalue weighted by Gasteiger charge is -2.16. The summed E-state index contributed by atoms with van der Waals surface area (Å²) in [5.74, 6) is -0.686. The number of ether oxygens (including phenoxy) is 2. The van der Waals surface area contributed by atoms with Crippen molar-refractivity contribution in [2.24, 2.45) is 0 Å². The summed E-state index contributed by atoms with van der Waals surface area (Å²) in [5.41, 5.74) is 2.39. The molecule has 1 aromatic heterocycles. The second-order valence-corrected chi connectivity index (χ2v) is 5.88. The lowest BCUT2D eigenvalue weighted by Crippen LogP contribution is -2.28. The Morgan fingerprint density at radius 3 is 2.64 bits per heavy atom. The van der Waals surface area contributed by atoms with Gasteiger partial charge in [0, 0.05) is 24.2 Å². The Bertz CT molecular complexity index is 657. The Balaban J connectivity index is 2.47. The van der Waals surface area contributed by atoms with E-state index in [0.29, 0.717) is 30.0 Å². The molecule has 1 aliphatic heterocycles. The third-order valence-electron chi connectivity index (χ3n) is 3.60. The second-order valence-electron chi connectivity index (χ2n) is 4.93. The summed E-state index contributed by atoms with van der Waals surface area (Å²) in [6, 6.07) is 1.98. The molecule has 6 heteroatoms. The summed E-state index contributed by atoms with van der Waals surface area (Å²) in [6.45, 7) is 4.53. The molecule has 0 saturated heterocycles. The third kappa shape index (κ3) is 2.98. The zero-order valence-corrected chi connectivity index (χ0v) is 14.0. The number of hydrogen-bond donors (Lipinski definition) is 0. The number of thiophene rings is 1. The molecule has 5 nitrogen and oxygen atoms in total. The van der Waals surface area contributed by atoms with Gasteiger partial charge in [-0.3, -0.25) is 4.79 Å². The van der Waals surface area contributed by atoms with Gasteiger partial charge in [-0.05, 0) is 36.9 Å². The fourth-order valence-corrected chi connectivity index (χ4v) is 3.20. The van der Waals surface area contributed by atoms with Crippen molar-refractivity contribution in [2.75, 3.05) is 27.4 Å². The topological polar surface area (TPSA) is 55.8 Å². The Morgan fingerprint density at radius 2 is 2.09 bits per heavy atom. The number of hydrogen-bond acceptors (Lipinski definition) is 5. The molecule has 0 bridgehead atoms. The largest absolute Gasteiger partial charge is 0.465 e. The van der Waals surface area contributed by atoms with E-state index in [9.17, 15) is 9.59 Å². The molecule has 1 aliphatic rings. The molecule has 0 N–H and O–H groups in total. The molecule has 0 spiro atoms. The molecule has 118 valence electrons. The number of methoxy groups -OCH3 is 2. The maximum atomic E-state index is 12.6. The molecular weight excluding hydrogens is 302 g/mol. The van der Waals surface area contributed by atoms with Crippen molar-refractivity contribution in [1.29, 1.82) is 0 Å². The lowest BCUT2D eigenvalue weighted by atomic mass is 10.1. The predicted octanol–water partition coefficient (Wildman–Crippen LogP) is 2.38. The lowest BCUT2D eigenvalue weighted by molar-refractivity contribution is -0.136. The number of nitrogens with zero attached hydrogens (tertiary/aromatic N) is 1. The van der Waals surface area contributed by atoms with E-state index in [2.05, 4.69) is 0 Å². The number of carbonyl (C=O) groups is 2. The van der Waals surface area contributed by atoms with Crippen molar-refractivity contribution in [3.8, 4) is 0 Å². The van der Waals surface area contributed by atoms with Crippen LogP contribution in [0.2, 0.25) is 0 Å². The first-order chi connectivity index (χ1) is 10.5. The molecule has 0 unspecified atom stereocenters. The summed E-state index contributed by atoms with van der Waals surface area (Å²) in [5, 5.41) is 1.96. The van der Waals surface area contributed by atoms with Crippen LogP contribution in [0.25, 0.3) is 6.08 Å². The molecule has 0 fully saturated rings. The van der Waals surface area contributed by atoms with Crippen LogP contribution in [0.15, 0.2) is 28.3 Å². The van der Waals surface area contributed by atoms with Gasteiger partial charge in [0.2, 0.25) is 0 Å². The third-order valence-corrected chi connectivity index (χ3v) is 4.56. The van der Waals surface area contributed by atoms with Gasteiger partial charge in [0.25, 0.3) is 5.91 Å². The van der Waals surface area contributed by atoms with Gasteiger partial charge in [-0.2, -0.15) is 0 Å². The second kappa shape index (κ2) is 6.89. The first-order valence-electron chi connectivity index (χ1n) is 6.87. The molecular formula is C16H19NO4S. The Labute approximate surface area is 133 Å². The van der Waals surface area contributed by atoms with Gasteiger partial charge in [0.1, 0.15) is 0 Å². The first kappa shape index (κ1) is 16.5. The predicted molar refractivity (Wildman–Crippen MR) is 85.3 cm³/mol. The van der Waals surface area contributed by atoms with E-state index in [0.717, 1.165) is 10.4 Å². The van der Waals surface area contributed by atoms with E-state index < -0.39 is 5.97 Å². The highest BCUT2D eigenvalue weighted by Crippen LogP contribution is 2.32. The normalized spacial score (nSPS) is 16.8. The minimum atomic E-state index is -0.494. The highest BCUT2D eigenvalue weighted by molar-refractivity contribution is 7.11. The monoisotopic (exact) mass is 321 g/mol. The molecule has 2 heterocycles. The summed E-state index contributed by atoms with van der Waals surface area (Å²) in [7, 11) is 2.89.